The third-order valence-electron chi connectivity index (χ3n) is 6.54. The Morgan fingerprint density at radius 1 is 1.37 bits per heavy atom. The number of aliphatic hydroxyl groups is 1. The van der Waals surface area contributed by atoms with E-state index in [-0.39, 0.29) is 11.9 Å². The lowest BCUT2D eigenvalue weighted by Crippen LogP contribution is -2.54. The maximum absolute atomic E-state index is 15.2. The predicted octanol–water partition coefficient (Wildman–Crippen LogP) is 2.18. The van der Waals surface area contributed by atoms with Gasteiger partial charge in [0.15, 0.2) is 0 Å². The molecule has 1 saturated carbocycles. The summed E-state index contributed by atoms with van der Waals surface area (Å²) in [6, 6.07) is 3.71. The number of carbonyl (C=O) groups is 1. The van der Waals surface area contributed by atoms with E-state index in [1.165, 1.54) is 6.07 Å². The van der Waals surface area contributed by atoms with Gasteiger partial charge in [-0.2, -0.15) is 5.26 Å². The molecule has 2 fully saturated rings. The van der Waals surface area contributed by atoms with Crippen LogP contribution in [0.3, 0.4) is 0 Å². The second kappa shape index (κ2) is 8.40. The average Bonchev–Trinajstić information content (AvgIpc) is 3.45. The zero-order chi connectivity index (χ0) is 21.4. The van der Waals surface area contributed by atoms with E-state index in [1.54, 1.807) is 0 Å². The van der Waals surface area contributed by atoms with Gasteiger partial charge in [0.1, 0.15) is 5.82 Å². The van der Waals surface area contributed by atoms with Crippen LogP contribution in [-0.2, 0) is 0 Å². The molecule has 30 heavy (non-hydrogen) atoms. The van der Waals surface area contributed by atoms with E-state index in [0.29, 0.717) is 29.3 Å². The fourth-order valence-electron chi connectivity index (χ4n) is 4.91. The largest absolute Gasteiger partial charge is 0.369 e. The van der Waals surface area contributed by atoms with Gasteiger partial charge in [-0.15, -0.1) is 0 Å². The first kappa shape index (κ1) is 20.9. The van der Waals surface area contributed by atoms with Crippen LogP contribution in [-0.4, -0.2) is 61.0 Å². The van der Waals surface area contributed by atoms with Gasteiger partial charge in [-0.1, -0.05) is 6.92 Å². The van der Waals surface area contributed by atoms with Gasteiger partial charge >= 0.3 is 0 Å². The van der Waals surface area contributed by atoms with Crippen molar-refractivity contribution in [3.8, 4) is 6.07 Å². The molecule has 162 valence electrons. The Kier molecular flexibility index (Phi) is 5.85. The molecule has 2 N–H and O–H groups in total. The van der Waals surface area contributed by atoms with Crippen molar-refractivity contribution in [1.82, 2.24) is 10.2 Å². The Hall–Kier alpha value is -2.37. The number of aliphatic hydroxyl groups excluding tert-OH is 1. The highest BCUT2D eigenvalue weighted by molar-refractivity contribution is 6.03. The number of hydrogen-bond donors (Lipinski definition) is 2. The number of nitrogens with zero attached hydrogens (tertiary/aromatic N) is 4. The van der Waals surface area contributed by atoms with Gasteiger partial charge in [-0.25, -0.2) is 4.39 Å². The first-order valence-electron chi connectivity index (χ1n) is 10.9. The summed E-state index contributed by atoms with van der Waals surface area (Å²) in [6.45, 7) is 8.02. The second-order valence-electron chi connectivity index (χ2n) is 8.62. The van der Waals surface area contributed by atoms with Gasteiger partial charge in [0.25, 0.3) is 5.91 Å². The first-order valence-corrected chi connectivity index (χ1v) is 10.9. The van der Waals surface area contributed by atoms with E-state index in [1.807, 2.05) is 11.8 Å². The number of halogens is 1. The standard InChI is InChI=1S/C22H30FN5O2/c1-3-26(9-4-8-24)12-15-7-10-27(13-15)20-14(2)19-17(11-18(20)23)21(29)25-22(30)28(19)16-5-6-16/h11,15-16,22,30H,3-7,9-10,12-13H2,1-2H3,(H,25,29). The van der Waals surface area contributed by atoms with Crippen LogP contribution < -0.4 is 15.1 Å². The van der Waals surface area contributed by atoms with E-state index in [2.05, 4.69) is 28.1 Å². The van der Waals surface area contributed by atoms with Crippen LogP contribution in [0.5, 0.6) is 0 Å². The van der Waals surface area contributed by atoms with Crippen molar-refractivity contribution in [3.63, 3.8) is 0 Å². The predicted molar refractivity (Wildman–Crippen MR) is 113 cm³/mol. The Labute approximate surface area is 177 Å². The number of nitriles is 1. The van der Waals surface area contributed by atoms with Gasteiger partial charge in [-0.05, 0) is 50.3 Å². The highest BCUT2D eigenvalue weighted by Crippen LogP contribution is 2.43. The summed E-state index contributed by atoms with van der Waals surface area (Å²) in [5.41, 5.74) is 2.24. The molecule has 0 spiro atoms. The zero-order valence-corrected chi connectivity index (χ0v) is 17.7. The molecular weight excluding hydrogens is 385 g/mol. The van der Waals surface area contributed by atoms with Crippen molar-refractivity contribution in [2.75, 3.05) is 42.5 Å². The van der Waals surface area contributed by atoms with Crippen LogP contribution in [0.1, 0.15) is 48.5 Å². The van der Waals surface area contributed by atoms with Crippen molar-refractivity contribution in [3.05, 3.63) is 23.0 Å². The summed E-state index contributed by atoms with van der Waals surface area (Å²) in [5, 5.41) is 21.8. The van der Waals surface area contributed by atoms with Gasteiger partial charge in [0.05, 0.1) is 23.0 Å². The van der Waals surface area contributed by atoms with E-state index in [0.717, 1.165) is 57.5 Å². The van der Waals surface area contributed by atoms with Crippen LogP contribution in [0, 0.1) is 30.0 Å². The van der Waals surface area contributed by atoms with Crippen molar-refractivity contribution >= 4 is 17.3 Å². The molecule has 8 heteroatoms. The normalized spacial score (nSPS) is 23.5. The van der Waals surface area contributed by atoms with Crippen molar-refractivity contribution in [2.45, 2.75) is 51.9 Å². The van der Waals surface area contributed by atoms with Gasteiger partial charge in [0.2, 0.25) is 6.35 Å². The minimum atomic E-state index is -1.07. The molecule has 0 radical (unpaired) electrons. The van der Waals surface area contributed by atoms with Gasteiger partial charge < -0.3 is 25.1 Å². The number of rotatable bonds is 7. The third-order valence-corrected chi connectivity index (χ3v) is 6.54. The summed E-state index contributed by atoms with van der Waals surface area (Å²) in [4.78, 5) is 18.6. The Balaban J connectivity index is 1.58. The molecule has 1 saturated heterocycles. The maximum atomic E-state index is 15.2. The molecular formula is C22H30FN5O2. The van der Waals surface area contributed by atoms with Gasteiger partial charge in [-0.3, -0.25) is 4.79 Å². The minimum Gasteiger partial charge on any atom is -0.369 e. The molecule has 3 aliphatic rings. The number of amides is 1. The highest BCUT2D eigenvalue weighted by atomic mass is 19.1. The number of benzene rings is 1. The second-order valence-corrected chi connectivity index (χ2v) is 8.62. The lowest BCUT2D eigenvalue weighted by Gasteiger charge is -2.38. The SMILES string of the molecule is CCN(CCC#N)CC1CCN(c2c(F)cc3c(c2C)N(C2CC2)C(O)NC3=O)C1. The maximum Gasteiger partial charge on any atom is 0.256 e. The van der Waals surface area contributed by atoms with E-state index >= 15 is 4.39 Å². The summed E-state index contributed by atoms with van der Waals surface area (Å²) < 4.78 is 15.2. The topological polar surface area (TPSA) is 82.8 Å². The van der Waals surface area contributed by atoms with E-state index in [4.69, 9.17) is 5.26 Å². The molecule has 1 aromatic rings. The van der Waals surface area contributed by atoms with Crippen molar-refractivity contribution in [2.24, 2.45) is 5.92 Å². The summed E-state index contributed by atoms with van der Waals surface area (Å²) in [6.07, 6.45) is 2.33. The molecule has 0 bridgehead atoms. The number of hydrogen-bond acceptors (Lipinski definition) is 6. The summed E-state index contributed by atoms with van der Waals surface area (Å²) >= 11 is 0. The van der Waals surface area contributed by atoms with E-state index in [9.17, 15) is 9.90 Å². The lowest BCUT2D eigenvalue weighted by atomic mass is 10.0. The molecule has 1 amide bonds. The van der Waals surface area contributed by atoms with Crippen LogP contribution in [0.25, 0.3) is 0 Å². The smallest absolute Gasteiger partial charge is 0.256 e. The molecule has 2 aliphatic heterocycles. The molecule has 7 nitrogen and oxygen atoms in total. The fourth-order valence-corrected chi connectivity index (χ4v) is 4.91. The molecule has 4 rings (SSSR count). The van der Waals surface area contributed by atoms with Crippen molar-refractivity contribution in [1.29, 1.82) is 5.26 Å². The van der Waals surface area contributed by atoms with E-state index < -0.39 is 12.3 Å². The quantitative estimate of drug-likeness (QED) is 0.710. The monoisotopic (exact) mass is 415 g/mol. The summed E-state index contributed by atoms with van der Waals surface area (Å²) in [7, 11) is 0. The zero-order valence-electron chi connectivity index (χ0n) is 17.7. The molecule has 2 unspecified atom stereocenters. The molecule has 2 heterocycles. The lowest BCUT2D eigenvalue weighted by molar-refractivity contribution is 0.0738. The van der Waals surface area contributed by atoms with Crippen LogP contribution in [0.15, 0.2) is 6.07 Å². The molecule has 1 aliphatic carbocycles. The summed E-state index contributed by atoms with van der Waals surface area (Å²) in [5.74, 6) is -0.406. The fraction of sp³-hybridized carbons (Fsp3) is 0.636. The number of fused-ring (bicyclic) bond motifs is 1. The minimum absolute atomic E-state index is 0.181. The highest BCUT2D eigenvalue weighted by Gasteiger charge is 2.42. The number of nitrogens with one attached hydrogen (secondary N) is 1. The molecule has 2 atom stereocenters. The Morgan fingerprint density at radius 2 is 2.13 bits per heavy atom. The first-order chi connectivity index (χ1) is 14.4. The Bertz CT molecular complexity index is 866. The third kappa shape index (κ3) is 3.84. The number of anilines is 2. The molecule has 0 aromatic heterocycles. The molecule has 1 aromatic carbocycles. The van der Waals surface area contributed by atoms with Crippen LogP contribution >= 0.6 is 0 Å². The van der Waals surface area contributed by atoms with Crippen molar-refractivity contribution < 1.29 is 14.3 Å². The van der Waals surface area contributed by atoms with Crippen LogP contribution in [0.4, 0.5) is 15.8 Å². The van der Waals surface area contributed by atoms with Crippen LogP contribution in [0.2, 0.25) is 0 Å². The average molecular weight is 416 g/mol. The van der Waals surface area contributed by atoms with Gasteiger partial charge in [0, 0.05) is 38.6 Å². The number of carbonyl (C=O) groups excluding carboxylic acids is 1. The Morgan fingerprint density at radius 3 is 2.80 bits per heavy atom.